The Hall–Kier alpha value is -2.41. The van der Waals surface area contributed by atoms with Crippen LogP contribution in [0.3, 0.4) is 0 Å². The molecule has 0 saturated heterocycles. The molecule has 0 bridgehead atoms. The predicted molar refractivity (Wildman–Crippen MR) is 92.4 cm³/mol. The summed E-state index contributed by atoms with van der Waals surface area (Å²) >= 11 is 0. The van der Waals surface area contributed by atoms with Crippen molar-refractivity contribution >= 4 is 26.5 Å². The zero-order valence-electron chi connectivity index (χ0n) is 13.6. The summed E-state index contributed by atoms with van der Waals surface area (Å²) in [6, 6.07) is 11.1. The van der Waals surface area contributed by atoms with E-state index in [4.69, 9.17) is 0 Å². The normalized spacial score (nSPS) is 15.3. The number of sulfonamides is 1. The zero-order valence-corrected chi connectivity index (χ0v) is 14.4. The number of benzene rings is 2. The molecule has 1 aromatic heterocycles. The summed E-state index contributed by atoms with van der Waals surface area (Å²) in [7, 11) is -3.57. The zero-order chi connectivity index (χ0) is 16.9. The van der Waals surface area contributed by atoms with Gasteiger partial charge in [0.1, 0.15) is 5.82 Å². The van der Waals surface area contributed by atoms with E-state index < -0.39 is 10.0 Å². The number of hydrogen-bond donors (Lipinski definition) is 0. The van der Waals surface area contributed by atoms with Crippen LogP contribution in [0.1, 0.15) is 25.0 Å². The predicted octanol–water partition coefficient (Wildman–Crippen LogP) is 2.86. The van der Waals surface area contributed by atoms with Crippen LogP contribution in [-0.4, -0.2) is 23.2 Å². The lowest BCUT2D eigenvalue weighted by Crippen LogP contribution is -2.28. The van der Waals surface area contributed by atoms with Crippen LogP contribution in [0, 0.1) is 6.92 Å². The van der Waals surface area contributed by atoms with Crippen LogP contribution in [-0.2, 0) is 23.1 Å². The minimum Gasteiger partial charge on any atom is -0.314 e. The summed E-state index contributed by atoms with van der Waals surface area (Å²) in [5, 5.41) is 10.0. The van der Waals surface area contributed by atoms with E-state index in [-0.39, 0.29) is 6.54 Å². The second-order valence-corrected chi connectivity index (χ2v) is 7.79. The average molecular weight is 342 g/mol. The van der Waals surface area contributed by atoms with Gasteiger partial charge in [-0.25, -0.2) is 8.42 Å². The molecular weight excluding hydrogens is 324 g/mol. The monoisotopic (exact) mass is 342 g/mol. The maximum Gasteiger partial charge on any atom is 0.265 e. The molecule has 1 aliphatic rings. The van der Waals surface area contributed by atoms with E-state index in [1.54, 1.807) is 12.1 Å². The molecule has 0 N–H and O–H groups in total. The van der Waals surface area contributed by atoms with Crippen LogP contribution >= 0.6 is 0 Å². The van der Waals surface area contributed by atoms with Crippen molar-refractivity contribution in [2.24, 2.45) is 0 Å². The molecule has 2 heterocycles. The number of aromatic nitrogens is 3. The topological polar surface area (TPSA) is 68.1 Å². The highest BCUT2D eigenvalue weighted by Gasteiger charge is 2.36. The van der Waals surface area contributed by atoms with Crippen molar-refractivity contribution in [3.63, 3.8) is 0 Å². The first-order valence-corrected chi connectivity index (χ1v) is 9.41. The average Bonchev–Trinajstić information content (AvgIpc) is 3.01. The van der Waals surface area contributed by atoms with Gasteiger partial charge < -0.3 is 4.57 Å². The number of anilines is 1. The molecule has 4 rings (SSSR count). The van der Waals surface area contributed by atoms with E-state index >= 15 is 0 Å². The largest absolute Gasteiger partial charge is 0.314 e. The van der Waals surface area contributed by atoms with Gasteiger partial charge in [-0.2, -0.15) is 0 Å². The fourth-order valence-electron chi connectivity index (χ4n) is 3.31. The van der Waals surface area contributed by atoms with E-state index in [1.807, 2.05) is 35.8 Å². The minimum absolute atomic E-state index is 0.191. The molecule has 0 amide bonds. The maximum atomic E-state index is 13.0. The van der Waals surface area contributed by atoms with E-state index in [2.05, 4.69) is 17.1 Å². The lowest BCUT2D eigenvalue weighted by atomic mass is 10.1. The molecule has 124 valence electrons. The van der Waals surface area contributed by atoms with Gasteiger partial charge in [-0.15, -0.1) is 10.2 Å². The summed E-state index contributed by atoms with van der Waals surface area (Å²) in [6.45, 7) is 4.93. The number of hydrogen-bond acceptors (Lipinski definition) is 4. The first-order chi connectivity index (χ1) is 11.5. The fraction of sp³-hybridized carbons (Fsp3) is 0.294. The Morgan fingerprint density at radius 1 is 1.08 bits per heavy atom. The highest BCUT2D eigenvalue weighted by atomic mass is 32.2. The second kappa shape index (κ2) is 5.31. The quantitative estimate of drug-likeness (QED) is 0.731. The molecule has 24 heavy (non-hydrogen) atoms. The molecule has 3 aromatic rings. The van der Waals surface area contributed by atoms with Crippen molar-refractivity contribution in [1.29, 1.82) is 0 Å². The number of rotatable bonds is 4. The van der Waals surface area contributed by atoms with Crippen LogP contribution < -0.4 is 4.31 Å². The van der Waals surface area contributed by atoms with Crippen LogP contribution in [0.25, 0.3) is 10.8 Å². The maximum absolute atomic E-state index is 13.0. The Kier molecular flexibility index (Phi) is 3.35. The van der Waals surface area contributed by atoms with Crippen molar-refractivity contribution in [3.8, 4) is 0 Å². The first-order valence-electron chi connectivity index (χ1n) is 7.97. The van der Waals surface area contributed by atoms with Gasteiger partial charge in [0.05, 0.1) is 17.1 Å². The van der Waals surface area contributed by atoms with E-state index in [0.717, 1.165) is 29.6 Å². The SMILES string of the molecule is CCCn1c(C)nnc1CN1c2cccc3cccc(c23)S1(=O)=O. The Balaban J connectivity index is 1.85. The summed E-state index contributed by atoms with van der Waals surface area (Å²) < 4.78 is 29.5. The Bertz CT molecular complexity index is 1030. The summed E-state index contributed by atoms with van der Waals surface area (Å²) in [4.78, 5) is 0.369. The van der Waals surface area contributed by atoms with Gasteiger partial charge in [-0.05, 0) is 30.9 Å². The van der Waals surface area contributed by atoms with Gasteiger partial charge in [0, 0.05) is 11.9 Å². The lowest BCUT2D eigenvalue weighted by molar-refractivity contribution is 0.586. The molecule has 0 saturated carbocycles. The molecule has 2 aromatic carbocycles. The Morgan fingerprint density at radius 3 is 2.58 bits per heavy atom. The van der Waals surface area contributed by atoms with Crippen molar-refractivity contribution < 1.29 is 8.42 Å². The molecule has 0 atom stereocenters. The molecule has 0 unspecified atom stereocenters. The molecule has 1 aliphatic heterocycles. The Labute approximate surface area is 140 Å². The molecule has 0 radical (unpaired) electrons. The van der Waals surface area contributed by atoms with Gasteiger partial charge >= 0.3 is 0 Å². The van der Waals surface area contributed by atoms with Crippen molar-refractivity contribution in [2.45, 2.75) is 38.3 Å². The van der Waals surface area contributed by atoms with Crippen LogP contribution in [0.4, 0.5) is 5.69 Å². The standard InChI is InChI=1S/C17H18N4O2S/c1-3-10-20-12(2)18-19-16(20)11-21-14-8-4-6-13-7-5-9-15(17(13)14)24(21,22)23/h4-9H,3,10-11H2,1-2H3. The second-order valence-electron chi connectivity index (χ2n) is 5.96. The van der Waals surface area contributed by atoms with Crippen LogP contribution in [0.2, 0.25) is 0 Å². The van der Waals surface area contributed by atoms with E-state index in [9.17, 15) is 8.42 Å². The van der Waals surface area contributed by atoms with Crippen LogP contribution in [0.5, 0.6) is 0 Å². The van der Waals surface area contributed by atoms with Crippen molar-refractivity contribution in [2.75, 3.05) is 4.31 Å². The van der Waals surface area contributed by atoms with Crippen molar-refractivity contribution in [1.82, 2.24) is 14.8 Å². The number of nitrogens with zero attached hydrogens (tertiary/aromatic N) is 4. The highest BCUT2D eigenvalue weighted by molar-refractivity contribution is 7.93. The minimum atomic E-state index is -3.57. The molecule has 0 spiro atoms. The summed E-state index contributed by atoms with van der Waals surface area (Å²) in [5.41, 5.74) is 0.715. The number of aryl methyl sites for hydroxylation is 1. The van der Waals surface area contributed by atoms with E-state index in [1.165, 1.54) is 4.31 Å². The van der Waals surface area contributed by atoms with Gasteiger partial charge in [-0.1, -0.05) is 31.2 Å². The summed E-state index contributed by atoms with van der Waals surface area (Å²) in [5.74, 6) is 1.47. The molecule has 7 heteroatoms. The third-order valence-electron chi connectivity index (χ3n) is 4.43. The Morgan fingerprint density at radius 2 is 1.83 bits per heavy atom. The molecular formula is C17H18N4O2S. The van der Waals surface area contributed by atoms with Gasteiger partial charge in [-0.3, -0.25) is 4.31 Å². The van der Waals surface area contributed by atoms with Gasteiger partial charge in [0.15, 0.2) is 5.82 Å². The highest BCUT2D eigenvalue weighted by Crippen LogP contribution is 2.42. The lowest BCUT2D eigenvalue weighted by Gasteiger charge is -2.19. The van der Waals surface area contributed by atoms with E-state index in [0.29, 0.717) is 16.4 Å². The third kappa shape index (κ3) is 2.04. The molecule has 6 nitrogen and oxygen atoms in total. The fourth-order valence-corrected chi connectivity index (χ4v) is 4.98. The van der Waals surface area contributed by atoms with Crippen molar-refractivity contribution in [3.05, 3.63) is 48.0 Å². The molecule has 0 fully saturated rings. The van der Waals surface area contributed by atoms with Crippen LogP contribution in [0.15, 0.2) is 41.3 Å². The van der Waals surface area contributed by atoms with Gasteiger partial charge in [0.2, 0.25) is 0 Å². The first kappa shape index (κ1) is 15.1. The third-order valence-corrected chi connectivity index (χ3v) is 6.23. The molecule has 0 aliphatic carbocycles. The summed E-state index contributed by atoms with van der Waals surface area (Å²) in [6.07, 6.45) is 0.939. The van der Waals surface area contributed by atoms with Gasteiger partial charge in [0.25, 0.3) is 10.0 Å². The smallest absolute Gasteiger partial charge is 0.265 e.